The minimum Gasteiger partial charge on any atom is -0.381 e. The highest BCUT2D eigenvalue weighted by molar-refractivity contribution is 5.83. The van der Waals surface area contributed by atoms with Crippen LogP contribution < -0.4 is 10.6 Å². The van der Waals surface area contributed by atoms with E-state index in [1.54, 1.807) is 0 Å². The molecule has 5 nitrogen and oxygen atoms in total. The highest BCUT2D eigenvalue weighted by Crippen LogP contribution is 2.35. The lowest BCUT2D eigenvalue weighted by Gasteiger charge is -2.36. The first-order valence-corrected chi connectivity index (χ1v) is 11.0. The molecule has 4 rings (SSSR count). The van der Waals surface area contributed by atoms with Gasteiger partial charge in [-0.05, 0) is 43.4 Å². The van der Waals surface area contributed by atoms with Gasteiger partial charge in [0.15, 0.2) is 5.96 Å². The molecule has 2 heterocycles. The molecule has 0 unspecified atom stereocenters. The summed E-state index contributed by atoms with van der Waals surface area (Å²) in [5, 5.41) is 8.23. The lowest BCUT2D eigenvalue weighted by molar-refractivity contribution is 0.0531. The zero-order valence-corrected chi connectivity index (χ0v) is 17.8. The summed E-state index contributed by atoms with van der Waals surface area (Å²) in [6.45, 7) is 6.17. The lowest BCUT2D eigenvalue weighted by atomic mass is 9.74. The summed E-state index contributed by atoms with van der Waals surface area (Å²) in [6.07, 6.45) is 5.08. The Labute approximate surface area is 178 Å². The van der Waals surface area contributed by atoms with Crippen molar-refractivity contribution in [3.8, 4) is 0 Å². The van der Waals surface area contributed by atoms with Crippen molar-refractivity contribution in [1.82, 2.24) is 15.6 Å². The summed E-state index contributed by atoms with van der Waals surface area (Å²) in [5.41, 5.74) is 3.95. The number of nitrogens with zero attached hydrogens (tertiary/aromatic N) is 1. The molecule has 3 N–H and O–H groups in total. The lowest BCUT2D eigenvalue weighted by Crippen LogP contribution is -2.41. The Morgan fingerprint density at radius 3 is 2.60 bits per heavy atom. The Kier molecular flexibility index (Phi) is 6.70. The van der Waals surface area contributed by atoms with E-state index >= 15 is 0 Å². The Balaban J connectivity index is 1.43. The number of aliphatic imine (C=N–C) groups is 1. The van der Waals surface area contributed by atoms with Gasteiger partial charge < -0.3 is 20.4 Å². The number of aromatic nitrogens is 1. The van der Waals surface area contributed by atoms with Crippen molar-refractivity contribution in [2.24, 2.45) is 4.99 Å². The molecule has 0 spiro atoms. The SMILES string of the molecule is CCNC(=NCC1(c2ccccc2)CCOCC1)NCCc1c[nH]c2ccccc12. The van der Waals surface area contributed by atoms with Gasteiger partial charge in [0.1, 0.15) is 0 Å². The second kappa shape index (κ2) is 9.81. The van der Waals surface area contributed by atoms with Crippen LogP contribution in [-0.4, -0.2) is 43.8 Å². The molecule has 158 valence electrons. The smallest absolute Gasteiger partial charge is 0.191 e. The number of fused-ring (bicyclic) bond motifs is 1. The van der Waals surface area contributed by atoms with Crippen LogP contribution in [0.15, 0.2) is 65.8 Å². The van der Waals surface area contributed by atoms with Gasteiger partial charge in [-0.2, -0.15) is 0 Å². The Bertz CT molecular complexity index is 957. The maximum Gasteiger partial charge on any atom is 0.191 e. The first kappa shape index (κ1) is 20.5. The van der Waals surface area contributed by atoms with Crippen LogP contribution in [-0.2, 0) is 16.6 Å². The molecule has 3 aromatic rings. The first-order chi connectivity index (χ1) is 14.8. The molecule has 1 fully saturated rings. The molecule has 1 aromatic heterocycles. The summed E-state index contributed by atoms with van der Waals surface area (Å²) < 4.78 is 5.66. The van der Waals surface area contributed by atoms with Crippen LogP contribution in [0.5, 0.6) is 0 Å². The summed E-state index contributed by atoms with van der Waals surface area (Å²) in [6, 6.07) is 19.3. The molecule has 30 heavy (non-hydrogen) atoms. The van der Waals surface area contributed by atoms with Crippen molar-refractivity contribution < 1.29 is 4.74 Å². The highest BCUT2D eigenvalue weighted by Gasteiger charge is 2.34. The van der Waals surface area contributed by atoms with Gasteiger partial charge in [-0.25, -0.2) is 0 Å². The summed E-state index contributed by atoms with van der Waals surface area (Å²) in [7, 11) is 0. The molecule has 1 aliphatic rings. The second-order valence-corrected chi connectivity index (χ2v) is 7.99. The minimum atomic E-state index is 0.0543. The predicted molar refractivity (Wildman–Crippen MR) is 124 cm³/mol. The molecular weight excluding hydrogens is 372 g/mol. The Hall–Kier alpha value is -2.79. The quantitative estimate of drug-likeness (QED) is 0.412. The molecule has 5 heteroatoms. The molecular formula is C25H32N4O. The second-order valence-electron chi connectivity index (χ2n) is 7.99. The average Bonchev–Trinajstić information content (AvgIpc) is 3.22. The number of rotatable bonds is 7. The van der Waals surface area contributed by atoms with Crippen LogP contribution in [0.3, 0.4) is 0 Å². The zero-order valence-electron chi connectivity index (χ0n) is 17.8. The van der Waals surface area contributed by atoms with E-state index in [-0.39, 0.29) is 5.41 Å². The summed E-state index contributed by atoms with van der Waals surface area (Å²) in [5.74, 6) is 0.888. The molecule has 2 aromatic carbocycles. The maximum atomic E-state index is 5.66. The van der Waals surface area contributed by atoms with Crippen LogP contribution in [0.2, 0.25) is 0 Å². The van der Waals surface area contributed by atoms with Crippen LogP contribution in [0.1, 0.15) is 30.9 Å². The topological polar surface area (TPSA) is 61.4 Å². The molecule has 0 aliphatic carbocycles. The number of H-pyrrole nitrogens is 1. The van der Waals surface area contributed by atoms with E-state index in [0.29, 0.717) is 0 Å². The van der Waals surface area contributed by atoms with Crippen molar-refractivity contribution in [1.29, 1.82) is 0 Å². The number of ether oxygens (including phenoxy) is 1. The third-order valence-corrected chi connectivity index (χ3v) is 6.08. The Morgan fingerprint density at radius 2 is 1.80 bits per heavy atom. The van der Waals surface area contributed by atoms with E-state index in [2.05, 4.69) is 83.3 Å². The molecule has 0 amide bonds. The normalized spacial score (nSPS) is 16.5. The first-order valence-electron chi connectivity index (χ1n) is 11.0. The molecule has 0 bridgehead atoms. The van der Waals surface area contributed by atoms with Gasteiger partial charge in [-0.15, -0.1) is 0 Å². The van der Waals surface area contributed by atoms with Crippen LogP contribution in [0, 0.1) is 0 Å². The van der Waals surface area contributed by atoms with E-state index in [1.807, 2.05) is 0 Å². The van der Waals surface area contributed by atoms with E-state index in [9.17, 15) is 0 Å². The fourth-order valence-corrected chi connectivity index (χ4v) is 4.32. The average molecular weight is 405 g/mol. The number of hydrogen-bond donors (Lipinski definition) is 3. The van der Waals surface area contributed by atoms with Crippen molar-refractivity contribution in [2.75, 3.05) is 32.8 Å². The summed E-state index contributed by atoms with van der Waals surface area (Å²) >= 11 is 0. The fourth-order valence-electron chi connectivity index (χ4n) is 4.32. The van der Waals surface area contributed by atoms with Crippen molar-refractivity contribution in [3.05, 3.63) is 71.9 Å². The maximum absolute atomic E-state index is 5.66. The van der Waals surface area contributed by atoms with Crippen LogP contribution >= 0.6 is 0 Å². The van der Waals surface area contributed by atoms with E-state index in [4.69, 9.17) is 9.73 Å². The predicted octanol–water partition coefficient (Wildman–Crippen LogP) is 4.01. The number of hydrogen-bond acceptors (Lipinski definition) is 2. The number of guanidine groups is 1. The molecule has 1 aliphatic heterocycles. The largest absolute Gasteiger partial charge is 0.381 e. The van der Waals surface area contributed by atoms with Gasteiger partial charge in [0.2, 0.25) is 0 Å². The Morgan fingerprint density at radius 1 is 1.03 bits per heavy atom. The zero-order chi connectivity index (χ0) is 20.7. The van der Waals surface area contributed by atoms with E-state index in [1.165, 1.54) is 22.0 Å². The van der Waals surface area contributed by atoms with Crippen molar-refractivity contribution in [3.63, 3.8) is 0 Å². The number of benzene rings is 2. The summed E-state index contributed by atoms with van der Waals surface area (Å²) in [4.78, 5) is 8.36. The van der Waals surface area contributed by atoms with Gasteiger partial charge >= 0.3 is 0 Å². The highest BCUT2D eigenvalue weighted by atomic mass is 16.5. The minimum absolute atomic E-state index is 0.0543. The van der Waals surface area contributed by atoms with Gasteiger partial charge in [-0.1, -0.05) is 48.5 Å². The molecule has 1 saturated heterocycles. The monoisotopic (exact) mass is 404 g/mol. The van der Waals surface area contributed by atoms with Crippen molar-refractivity contribution in [2.45, 2.75) is 31.6 Å². The van der Waals surface area contributed by atoms with E-state index in [0.717, 1.165) is 58.1 Å². The van der Waals surface area contributed by atoms with Crippen LogP contribution in [0.4, 0.5) is 0 Å². The fraction of sp³-hybridized carbons (Fsp3) is 0.400. The molecule has 0 saturated carbocycles. The molecule has 0 radical (unpaired) electrons. The standard InChI is InChI=1S/C25H32N4O/c1-2-26-24(27-15-12-20-18-28-23-11-7-6-10-22(20)23)29-19-25(13-16-30-17-14-25)21-8-4-3-5-9-21/h3-11,18,28H,2,12-17,19H2,1H3,(H2,26,27,29). The third kappa shape index (κ3) is 4.68. The van der Waals surface area contributed by atoms with Gasteiger partial charge in [-0.3, -0.25) is 4.99 Å². The molecule has 0 atom stereocenters. The van der Waals surface area contributed by atoms with Gasteiger partial charge in [0.25, 0.3) is 0 Å². The van der Waals surface area contributed by atoms with Crippen molar-refractivity contribution >= 4 is 16.9 Å². The number of aromatic amines is 1. The number of para-hydroxylation sites is 1. The van der Waals surface area contributed by atoms with Gasteiger partial charge in [0, 0.05) is 48.8 Å². The number of nitrogens with one attached hydrogen (secondary N) is 3. The van der Waals surface area contributed by atoms with E-state index < -0.39 is 0 Å². The van der Waals surface area contributed by atoms with Crippen LogP contribution in [0.25, 0.3) is 10.9 Å². The third-order valence-electron chi connectivity index (χ3n) is 6.08. The van der Waals surface area contributed by atoms with Gasteiger partial charge in [0.05, 0.1) is 6.54 Å².